The van der Waals surface area contributed by atoms with E-state index in [2.05, 4.69) is 21.6 Å². The number of rotatable bonds is 3. The molecule has 1 fully saturated rings. The first kappa shape index (κ1) is 11.5. The normalized spacial score (nSPS) is 17.1. The fraction of sp³-hybridized carbons (Fsp3) is 0.308. The molecule has 4 nitrogen and oxygen atoms in total. The number of benzene rings is 1. The molecule has 2 heterocycles. The van der Waals surface area contributed by atoms with Gasteiger partial charge in [-0.15, -0.1) is 0 Å². The summed E-state index contributed by atoms with van der Waals surface area (Å²) in [5.41, 5.74) is 1.93. The Balaban J connectivity index is 1.78. The van der Waals surface area contributed by atoms with Crippen molar-refractivity contribution in [1.82, 2.24) is 9.78 Å². The molecular weight excluding hydrogens is 246 g/mol. The van der Waals surface area contributed by atoms with Gasteiger partial charge in [0.25, 0.3) is 0 Å². The first-order valence-corrected chi connectivity index (χ1v) is 7.88. The highest BCUT2D eigenvalue weighted by Crippen LogP contribution is 2.20. The van der Waals surface area contributed by atoms with E-state index in [4.69, 9.17) is 0 Å². The van der Waals surface area contributed by atoms with E-state index in [1.54, 1.807) is 6.20 Å². The van der Waals surface area contributed by atoms with Crippen molar-refractivity contribution in [3.63, 3.8) is 0 Å². The Hall–Kier alpha value is -1.62. The molecule has 5 heteroatoms. The van der Waals surface area contributed by atoms with Crippen LogP contribution in [0.15, 0.2) is 47.1 Å². The van der Waals surface area contributed by atoms with Crippen LogP contribution in [0.3, 0.4) is 0 Å². The van der Waals surface area contributed by atoms with Gasteiger partial charge in [-0.3, -0.25) is 4.68 Å². The van der Waals surface area contributed by atoms with Crippen molar-refractivity contribution < 1.29 is 4.21 Å². The van der Waals surface area contributed by atoms with Crippen molar-refractivity contribution in [1.29, 1.82) is 0 Å². The zero-order valence-electron chi connectivity index (χ0n) is 10.0. The molecule has 1 aliphatic heterocycles. The predicted octanol–water partition coefficient (Wildman–Crippen LogP) is 2.43. The van der Waals surface area contributed by atoms with Gasteiger partial charge in [-0.25, -0.2) is 4.21 Å². The summed E-state index contributed by atoms with van der Waals surface area (Å²) in [5, 5.41) is 4.25. The summed E-state index contributed by atoms with van der Waals surface area (Å²) < 4.78 is 18.1. The van der Waals surface area contributed by atoms with Crippen molar-refractivity contribution in [3.8, 4) is 0 Å². The first-order valence-electron chi connectivity index (χ1n) is 6.02. The first-order chi connectivity index (χ1) is 8.73. The van der Waals surface area contributed by atoms with Crippen molar-refractivity contribution in [2.45, 2.75) is 13.0 Å². The highest BCUT2D eigenvalue weighted by Gasteiger charge is 2.19. The molecule has 0 spiro atoms. The van der Waals surface area contributed by atoms with Crippen LogP contribution < -0.4 is 0 Å². The van der Waals surface area contributed by atoms with Crippen LogP contribution in [0, 0.1) is 0 Å². The second-order valence-electron chi connectivity index (χ2n) is 4.51. The van der Waals surface area contributed by atoms with Crippen molar-refractivity contribution >= 4 is 15.4 Å². The lowest BCUT2D eigenvalue weighted by Crippen LogP contribution is -2.22. The van der Waals surface area contributed by atoms with Crippen LogP contribution in [0.2, 0.25) is 0 Å². The molecule has 0 unspecified atom stereocenters. The molecule has 3 rings (SSSR count). The molecular formula is C13H15N3OS. The third kappa shape index (κ3) is 2.46. The summed E-state index contributed by atoms with van der Waals surface area (Å²) in [6, 6.07) is 10.1. The maximum absolute atomic E-state index is 12.0. The Labute approximate surface area is 107 Å². The molecule has 0 radical (unpaired) electrons. The van der Waals surface area contributed by atoms with Crippen LogP contribution in [0.5, 0.6) is 0 Å². The van der Waals surface area contributed by atoms with Gasteiger partial charge >= 0.3 is 0 Å². The fourth-order valence-electron chi connectivity index (χ4n) is 1.93. The average Bonchev–Trinajstić information content (AvgIpc) is 2.76. The van der Waals surface area contributed by atoms with Crippen LogP contribution in [0.1, 0.15) is 12.0 Å². The van der Waals surface area contributed by atoms with E-state index in [1.165, 1.54) is 5.56 Å². The largest absolute Gasteiger partial charge is 0.266 e. The second-order valence-corrected chi connectivity index (χ2v) is 7.05. The molecule has 1 aromatic carbocycles. The smallest absolute Gasteiger partial charge is 0.111 e. The lowest BCUT2D eigenvalue weighted by Gasteiger charge is -2.16. The minimum atomic E-state index is -1.93. The summed E-state index contributed by atoms with van der Waals surface area (Å²) >= 11 is 0. The molecule has 1 aliphatic rings. The van der Waals surface area contributed by atoms with E-state index in [0.29, 0.717) is 0 Å². The third-order valence-electron chi connectivity index (χ3n) is 3.01. The van der Waals surface area contributed by atoms with Gasteiger partial charge in [0.05, 0.1) is 28.7 Å². The minimum Gasteiger partial charge on any atom is -0.266 e. The standard InChI is InChI=1S/C13H15N3OS/c17-18(7-4-8-18)15-13-9-14-16(11-13)10-12-5-2-1-3-6-12/h1-3,5-6,9,11H,4,7-8,10H2. The van der Waals surface area contributed by atoms with Crippen LogP contribution >= 0.6 is 0 Å². The quantitative estimate of drug-likeness (QED) is 0.852. The van der Waals surface area contributed by atoms with Gasteiger partial charge in [0.2, 0.25) is 0 Å². The Morgan fingerprint density at radius 3 is 2.72 bits per heavy atom. The van der Waals surface area contributed by atoms with Gasteiger partial charge in [0, 0.05) is 11.5 Å². The number of aromatic nitrogens is 2. The van der Waals surface area contributed by atoms with Crippen molar-refractivity contribution in [2.75, 3.05) is 11.5 Å². The van der Waals surface area contributed by atoms with Crippen LogP contribution in [0.25, 0.3) is 0 Å². The molecule has 0 N–H and O–H groups in total. The lowest BCUT2D eigenvalue weighted by atomic mass is 10.2. The predicted molar refractivity (Wildman–Crippen MR) is 72.4 cm³/mol. The molecule has 2 aromatic rings. The molecule has 0 amide bonds. The van der Waals surface area contributed by atoms with Gasteiger partial charge in [0.15, 0.2) is 0 Å². The second kappa shape index (κ2) is 4.57. The number of nitrogens with zero attached hydrogens (tertiary/aromatic N) is 3. The molecule has 18 heavy (non-hydrogen) atoms. The topological polar surface area (TPSA) is 47.2 Å². The Kier molecular flexibility index (Phi) is 2.91. The molecule has 1 aromatic heterocycles. The molecule has 0 atom stereocenters. The van der Waals surface area contributed by atoms with Crippen LogP contribution in [0.4, 0.5) is 5.69 Å². The number of hydrogen-bond donors (Lipinski definition) is 0. The SMILES string of the molecule is O=S1(=Nc2cnn(Cc3ccccc3)c2)CCC1. The molecule has 0 bridgehead atoms. The van der Waals surface area contributed by atoms with E-state index < -0.39 is 9.73 Å². The highest BCUT2D eigenvalue weighted by molar-refractivity contribution is 7.95. The highest BCUT2D eigenvalue weighted by atomic mass is 32.2. The number of hydrogen-bond acceptors (Lipinski definition) is 3. The maximum atomic E-state index is 12.0. The Morgan fingerprint density at radius 1 is 1.28 bits per heavy atom. The van der Waals surface area contributed by atoms with Gasteiger partial charge in [0.1, 0.15) is 5.69 Å². The fourth-order valence-corrected chi connectivity index (χ4v) is 3.38. The van der Waals surface area contributed by atoms with E-state index in [-0.39, 0.29) is 0 Å². The zero-order valence-corrected chi connectivity index (χ0v) is 10.8. The van der Waals surface area contributed by atoms with E-state index in [9.17, 15) is 4.21 Å². The lowest BCUT2D eigenvalue weighted by molar-refractivity contribution is 0.663. The van der Waals surface area contributed by atoms with Crippen molar-refractivity contribution in [3.05, 3.63) is 48.3 Å². The van der Waals surface area contributed by atoms with Gasteiger partial charge in [-0.05, 0) is 12.0 Å². The summed E-state index contributed by atoms with van der Waals surface area (Å²) in [6.45, 7) is 0.720. The van der Waals surface area contributed by atoms with E-state index >= 15 is 0 Å². The molecule has 1 saturated heterocycles. The van der Waals surface area contributed by atoms with E-state index in [1.807, 2.05) is 29.1 Å². The monoisotopic (exact) mass is 261 g/mol. The van der Waals surface area contributed by atoms with Crippen LogP contribution in [-0.2, 0) is 16.3 Å². The Morgan fingerprint density at radius 2 is 2.06 bits per heavy atom. The summed E-state index contributed by atoms with van der Waals surface area (Å²) in [4.78, 5) is 0. The van der Waals surface area contributed by atoms with Gasteiger partial charge in [-0.2, -0.15) is 9.46 Å². The molecule has 0 saturated carbocycles. The molecule has 0 aliphatic carbocycles. The summed E-state index contributed by atoms with van der Waals surface area (Å²) in [5.74, 6) is 1.47. The third-order valence-corrected chi connectivity index (χ3v) is 5.40. The molecule has 94 valence electrons. The van der Waals surface area contributed by atoms with E-state index in [0.717, 1.165) is 30.2 Å². The maximum Gasteiger partial charge on any atom is 0.111 e. The zero-order chi connectivity index (χ0) is 12.4. The Bertz CT molecular complexity index is 644. The summed E-state index contributed by atoms with van der Waals surface area (Å²) in [7, 11) is -1.93. The average molecular weight is 261 g/mol. The van der Waals surface area contributed by atoms with Gasteiger partial charge in [-0.1, -0.05) is 30.3 Å². The van der Waals surface area contributed by atoms with Crippen molar-refractivity contribution in [2.24, 2.45) is 4.36 Å². The summed E-state index contributed by atoms with van der Waals surface area (Å²) in [6.07, 6.45) is 4.58. The minimum absolute atomic E-state index is 0.720. The van der Waals surface area contributed by atoms with Crippen LogP contribution in [-0.4, -0.2) is 25.5 Å². The van der Waals surface area contributed by atoms with Gasteiger partial charge < -0.3 is 0 Å².